The lowest BCUT2D eigenvalue weighted by Crippen LogP contribution is -2.26. The maximum Gasteiger partial charge on any atom is 0.416 e. The summed E-state index contributed by atoms with van der Waals surface area (Å²) in [5.41, 5.74) is 1.87. The second-order valence-electron chi connectivity index (χ2n) is 5.79. The maximum absolute atomic E-state index is 12.7. The van der Waals surface area contributed by atoms with E-state index in [-0.39, 0.29) is 12.1 Å². The van der Waals surface area contributed by atoms with Crippen molar-refractivity contribution in [1.82, 2.24) is 14.7 Å². The third-order valence-electron chi connectivity index (χ3n) is 3.78. The molecular formula is C18H16F3N3O. The van der Waals surface area contributed by atoms with E-state index in [2.05, 4.69) is 10.3 Å². The van der Waals surface area contributed by atoms with Gasteiger partial charge in [0, 0.05) is 30.9 Å². The van der Waals surface area contributed by atoms with Crippen molar-refractivity contribution in [2.75, 3.05) is 6.54 Å². The lowest BCUT2D eigenvalue weighted by Gasteiger charge is -2.09. The topological polar surface area (TPSA) is 46.4 Å². The van der Waals surface area contributed by atoms with Gasteiger partial charge >= 0.3 is 6.18 Å². The van der Waals surface area contributed by atoms with Gasteiger partial charge in [-0.05, 0) is 42.8 Å². The van der Waals surface area contributed by atoms with E-state index in [0.29, 0.717) is 6.42 Å². The van der Waals surface area contributed by atoms with Crippen molar-refractivity contribution in [2.45, 2.75) is 19.5 Å². The summed E-state index contributed by atoms with van der Waals surface area (Å²) in [4.78, 5) is 16.5. The van der Waals surface area contributed by atoms with Crippen LogP contribution in [0.3, 0.4) is 0 Å². The molecule has 1 aromatic carbocycles. The van der Waals surface area contributed by atoms with E-state index in [0.717, 1.165) is 29.0 Å². The highest BCUT2D eigenvalue weighted by atomic mass is 19.4. The number of amides is 1. The van der Waals surface area contributed by atoms with Crippen molar-refractivity contribution in [1.29, 1.82) is 0 Å². The van der Waals surface area contributed by atoms with Crippen LogP contribution in [0.15, 0.2) is 48.8 Å². The molecule has 0 aliphatic rings. The molecule has 0 spiro atoms. The van der Waals surface area contributed by atoms with Crippen LogP contribution in [0.4, 0.5) is 13.2 Å². The standard InChI is InChI=1S/C18H16F3N3O/c1-12-6-8-24-11-15(23-16(24)9-12)5-7-22-17(25)13-3-2-4-14(10-13)18(19,20)21/h2-4,6,8-11H,5,7H2,1H3,(H,22,25). The minimum absolute atomic E-state index is 0.0135. The molecule has 3 rings (SSSR count). The Morgan fingerprint density at radius 2 is 2.04 bits per heavy atom. The van der Waals surface area contributed by atoms with Gasteiger partial charge in [0.15, 0.2) is 0 Å². The van der Waals surface area contributed by atoms with E-state index in [1.54, 1.807) is 0 Å². The summed E-state index contributed by atoms with van der Waals surface area (Å²) < 4.78 is 40.0. The molecule has 2 aromatic heterocycles. The van der Waals surface area contributed by atoms with Gasteiger partial charge in [0.1, 0.15) is 5.65 Å². The summed E-state index contributed by atoms with van der Waals surface area (Å²) in [6.45, 7) is 2.27. The molecule has 4 nitrogen and oxygen atoms in total. The lowest BCUT2D eigenvalue weighted by atomic mass is 10.1. The predicted molar refractivity (Wildman–Crippen MR) is 87.4 cm³/mol. The lowest BCUT2D eigenvalue weighted by molar-refractivity contribution is -0.137. The number of fused-ring (bicyclic) bond motifs is 1. The first kappa shape index (κ1) is 17.0. The fourth-order valence-electron chi connectivity index (χ4n) is 2.50. The third-order valence-corrected chi connectivity index (χ3v) is 3.78. The second kappa shape index (κ2) is 6.58. The second-order valence-corrected chi connectivity index (χ2v) is 5.79. The largest absolute Gasteiger partial charge is 0.416 e. The van der Waals surface area contributed by atoms with Crippen molar-refractivity contribution in [3.8, 4) is 0 Å². The Labute approximate surface area is 142 Å². The number of hydrogen-bond acceptors (Lipinski definition) is 2. The number of nitrogens with zero attached hydrogens (tertiary/aromatic N) is 2. The number of hydrogen-bond donors (Lipinski definition) is 1. The summed E-state index contributed by atoms with van der Waals surface area (Å²) >= 11 is 0. The van der Waals surface area contributed by atoms with Crippen LogP contribution in [-0.2, 0) is 12.6 Å². The van der Waals surface area contributed by atoms with Gasteiger partial charge in [-0.1, -0.05) is 6.07 Å². The molecule has 0 unspecified atom stereocenters. The van der Waals surface area contributed by atoms with Crippen molar-refractivity contribution in [2.24, 2.45) is 0 Å². The van der Waals surface area contributed by atoms with Crippen molar-refractivity contribution < 1.29 is 18.0 Å². The molecule has 0 aliphatic carbocycles. The van der Waals surface area contributed by atoms with Crippen molar-refractivity contribution in [3.63, 3.8) is 0 Å². The Balaban J connectivity index is 1.62. The average molecular weight is 347 g/mol. The molecular weight excluding hydrogens is 331 g/mol. The first-order chi connectivity index (χ1) is 11.8. The van der Waals surface area contributed by atoms with Crippen LogP contribution >= 0.6 is 0 Å². The van der Waals surface area contributed by atoms with E-state index in [9.17, 15) is 18.0 Å². The normalized spacial score (nSPS) is 11.7. The van der Waals surface area contributed by atoms with Gasteiger partial charge in [-0.3, -0.25) is 4.79 Å². The molecule has 0 saturated carbocycles. The molecule has 3 aromatic rings. The van der Waals surface area contributed by atoms with Crippen LogP contribution in [0.25, 0.3) is 5.65 Å². The minimum Gasteiger partial charge on any atom is -0.352 e. The summed E-state index contributed by atoms with van der Waals surface area (Å²) in [6.07, 6.45) is -0.204. The maximum atomic E-state index is 12.7. The van der Waals surface area contributed by atoms with Gasteiger partial charge in [0.25, 0.3) is 5.91 Å². The first-order valence-electron chi connectivity index (χ1n) is 7.72. The van der Waals surface area contributed by atoms with Gasteiger partial charge < -0.3 is 9.72 Å². The van der Waals surface area contributed by atoms with Crippen molar-refractivity contribution in [3.05, 3.63) is 71.2 Å². The number of rotatable bonds is 4. The molecule has 2 heterocycles. The number of aryl methyl sites for hydroxylation is 1. The number of benzene rings is 1. The fourth-order valence-corrected chi connectivity index (χ4v) is 2.50. The molecule has 0 saturated heterocycles. The van der Waals surface area contributed by atoms with E-state index in [4.69, 9.17) is 0 Å². The van der Waals surface area contributed by atoms with Crippen LogP contribution in [-0.4, -0.2) is 21.8 Å². The zero-order valence-corrected chi connectivity index (χ0v) is 13.5. The summed E-state index contributed by atoms with van der Waals surface area (Å²) in [7, 11) is 0. The van der Waals surface area contributed by atoms with Gasteiger partial charge in [-0.25, -0.2) is 4.98 Å². The van der Waals surface area contributed by atoms with Gasteiger partial charge in [0.2, 0.25) is 0 Å². The van der Waals surface area contributed by atoms with Crippen LogP contribution in [0.5, 0.6) is 0 Å². The quantitative estimate of drug-likeness (QED) is 0.783. The zero-order valence-electron chi connectivity index (χ0n) is 13.5. The Hall–Kier alpha value is -2.83. The molecule has 1 N–H and O–H groups in total. The summed E-state index contributed by atoms with van der Waals surface area (Å²) in [5.74, 6) is -0.536. The molecule has 25 heavy (non-hydrogen) atoms. The van der Waals surface area contributed by atoms with E-state index in [1.807, 2.05) is 35.9 Å². The number of halogens is 3. The first-order valence-corrected chi connectivity index (χ1v) is 7.72. The highest BCUT2D eigenvalue weighted by Gasteiger charge is 2.30. The molecule has 0 atom stereocenters. The van der Waals surface area contributed by atoms with Crippen LogP contribution < -0.4 is 5.32 Å². The average Bonchev–Trinajstić information content (AvgIpc) is 2.96. The number of pyridine rings is 1. The van der Waals surface area contributed by atoms with Gasteiger partial charge in [0.05, 0.1) is 11.3 Å². The smallest absolute Gasteiger partial charge is 0.352 e. The highest BCUT2D eigenvalue weighted by molar-refractivity contribution is 5.94. The fraction of sp³-hybridized carbons (Fsp3) is 0.222. The Bertz CT molecular complexity index is 915. The number of aromatic nitrogens is 2. The van der Waals surface area contributed by atoms with Crippen molar-refractivity contribution >= 4 is 11.6 Å². The molecule has 0 radical (unpaired) electrons. The van der Waals surface area contributed by atoms with Gasteiger partial charge in [-0.2, -0.15) is 13.2 Å². The molecule has 0 aliphatic heterocycles. The van der Waals surface area contributed by atoms with E-state index in [1.165, 1.54) is 12.1 Å². The number of nitrogens with one attached hydrogen (secondary N) is 1. The van der Waals surface area contributed by atoms with Crippen LogP contribution in [0.1, 0.15) is 27.2 Å². The molecule has 7 heteroatoms. The Morgan fingerprint density at radius 3 is 2.80 bits per heavy atom. The molecule has 1 amide bonds. The van der Waals surface area contributed by atoms with E-state index < -0.39 is 17.6 Å². The zero-order chi connectivity index (χ0) is 18.0. The van der Waals surface area contributed by atoms with Gasteiger partial charge in [-0.15, -0.1) is 0 Å². The third kappa shape index (κ3) is 3.99. The highest BCUT2D eigenvalue weighted by Crippen LogP contribution is 2.29. The monoisotopic (exact) mass is 347 g/mol. The Morgan fingerprint density at radius 1 is 1.24 bits per heavy atom. The van der Waals surface area contributed by atoms with E-state index >= 15 is 0 Å². The minimum atomic E-state index is -4.47. The SMILES string of the molecule is Cc1ccn2cc(CCNC(=O)c3cccc(C(F)(F)F)c3)nc2c1. The number of carbonyl (C=O) groups is 1. The number of alkyl halides is 3. The van der Waals surface area contributed by atoms with Crippen LogP contribution in [0, 0.1) is 6.92 Å². The van der Waals surface area contributed by atoms with Crippen LogP contribution in [0.2, 0.25) is 0 Å². The Kier molecular flexibility index (Phi) is 4.48. The molecule has 0 bridgehead atoms. The number of carbonyl (C=O) groups excluding carboxylic acids is 1. The molecule has 130 valence electrons. The summed E-state index contributed by atoms with van der Waals surface area (Å²) in [6, 6.07) is 8.29. The summed E-state index contributed by atoms with van der Waals surface area (Å²) in [5, 5.41) is 2.63. The molecule has 0 fully saturated rings. The number of imidazole rings is 1. The predicted octanol–water partition coefficient (Wildman–Crippen LogP) is 3.63.